The van der Waals surface area contributed by atoms with E-state index >= 15 is 0 Å². The topological polar surface area (TPSA) is 45.2 Å². The van der Waals surface area contributed by atoms with Crippen LogP contribution in [0, 0.1) is 17.8 Å². The van der Waals surface area contributed by atoms with Crippen molar-refractivity contribution in [2.24, 2.45) is 17.8 Å². The first-order valence-electron chi connectivity index (χ1n) is 11.5. The molecule has 1 saturated heterocycles. The first-order chi connectivity index (χ1) is 14.1. The number of ether oxygens (including phenoxy) is 2. The van der Waals surface area contributed by atoms with Crippen LogP contribution in [0.3, 0.4) is 0 Å². The summed E-state index contributed by atoms with van der Waals surface area (Å²) in [5.41, 5.74) is 1.26. The van der Waals surface area contributed by atoms with Crippen molar-refractivity contribution in [1.29, 1.82) is 0 Å². The predicted octanol–water partition coefficient (Wildman–Crippen LogP) is 3.16. The van der Waals surface area contributed by atoms with Crippen LogP contribution in [0.15, 0.2) is 24.3 Å². The van der Waals surface area contributed by atoms with Crippen LogP contribution in [0.4, 0.5) is 5.69 Å². The van der Waals surface area contributed by atoms with Gasteiger partial charge in [-0.05, 0) is 68.4 Å². The van der Waals surface area contributed by atoms with Gasteiger partial charge in [0.15, 0.2) is 0 Å². The molecule has 1 aromatic rings. The van der Waals surface area contributed by atoms with Crippen molar-refractivity contribution in [2.75, 3.05) is 51.3 Å². The Morgan fingerprint density at radius 3 is 2.24 bits per heavy atom. The maximum absolute atomic E-state index is 10.7. The van der Waals surface area contributed by atoms with E-state index in [1.54, 1.807) is 7.11 Å². The fourth-order valence-corrected chi connectivity index (χ4v) is 6.89. The largest absolute Gasteiger partial charge is 0.495 e. The number of rotatable bonds is 7. The number of β-amino-alcohol motifs (C(OH)–C–C–N with tert-alkyl or cyclic N) is 1. The van der Waals surface area contributed by atoms with Crippen molar-refractivity contribution < 1.29 is 14.6 Å². The van der Waals surface area contributed by atoms with Gasteiger partial charge in [-0.1, -0.05) is 12.1 Å². The average molecular weight is 401 g/mol. The summed E-state index contributed by atoms with van der Waals surface area (Å²) in [6.07, 6.45) is 7.63. The Balaban J connectivity index is 1.09. The zero-order valence-corrected chi connectivity index (χ0v) is 17.8. The molecule has 1 heterocycles. The summed E-state index contributed by atoms with van der Waals surface area (Å²) < 4.78 is 12.0. The smallest absolute Gasteiger partial charge is 0.142 e. The third kappa shape index (κ3) is 4.14. The minimum atomic E-state index is -0.388. The molecule has 1 unspecified atom stereocenters. The maximum atomic E-state index is 10.7. The van der Waals surface area contributed by atoms with Gasteiger partial charge < -0.3 is 19.5 Å². The number of benzene rings is 1. The van der Waals surface area contributed by atoms with Crippen molar-refractivity contribution in [2.45, 2.75) is 50.2 Å². The Morgan fingerprint density at radius 1 is 1.00 bits per heavy atom. The molecule has 0 spiro atoms. The quantitative estimate of drug-likeness (QED) is 0.762. The van der Waals surface area contributed by atoms with E-state index in [9.17, 15) is 5.11 Å². The summed E-state index contributed by atoms with van der Waals surface area (Å²) >= 11 is 0. The van der Waals surface area contributed by atoms with E-state index in [1.165, 1.54) is 44.2 Å². The third-order valence-electron chi connectivity index (χ3n) is 7.83. The lowest BCUT2D eigenvalue weighted by Gasteiger charge is -2.56. The number of anilines is 1. The SMILES string of the molecule is COc1ccccc1N1CCN(CC(O)COC23CC4CC(CC(C4)C2)C3)CC1. The lowest BCUT2D eigenvalue weighted by atomic mass is 9.54. The number of nitrogens with zero attached hydrogens (tertiary/aromatic N) is 2. The van der Waals surface area contributed by atoms with Crippen LogP contribution in [0.25, 0.3) is 0 Å². The molecule has 0 aromatic heterocycles. The monoisotopic (exact) mass is 400 g/mol. The van der Waals surface area contributed by atoms with E-state index in [4.69, 9.17) is 9.47 Å². The Bertz CT molecular complexity index is 666. The zero-order chi connectivity index (χ0) is 19.8. The molecule has 6 rings (SSSR count). The highest BCUT2D eigenvalue weighted by Crippen LogP contribution is 2.57. The van der Waals surface area contributed by atoms with Crippen molar-refractivity contribution in [3.05, 3.63) is 24.3 Å². The van der Waals surface area contributed by atoms with E-state index in [2.05, 4.69) is 21.9 Å². The molecule has 5 nitrogen and oxygen atoms in total. The second-order valence-corrected chi connectivity index (χ2v) is 10.0. The van der Waals surface area contributed by atoms with Crippen molar-refractivity contribution in [3.63, 3.8) is 0 Å². The highest BCUT2D eigenvalue weighted by molar-refractivity contribution is 5.58. The van der Waals surface area contributed by atoms with Crippen molar-refractivity contribution in [3.8, 4) is 5.75 Å². The van der Waals surface area contributed by atoms with Gasteiger partial charge in [-0.2, -0.15) is 0 Å². The number of aliphatic hydroxyl groups excluding tert-OH is 1. The van der Waals surface area contributed by atoms with Crippen LogP contribution in [0.5, 0.6) is 5.75 Å². The molecule has 1 atom stereocenters. The number of para-hydroxylation sites is 2. The molecule has 5 heteroatoms. The van der Waals surface area contributed by atoms with Crippen LogP contribution in [-0.4, -0.2) is 68.2 Å². The van der Waals surface area contributed by atoms with Gasteiger partial charge in [-0.3, -0.25) is 4.90 Å². The summed E-state index contributed by atoms with van der Waals surface area (Å²) in [6, 6.07) is 8.23. The standard InChI is InChI=1S/C24H36N2O3/c1-28-23-5-3-2-4-22(23)26-8-6-25(7-9-26)16-21(27)17-29-24-13-18-10-19(14-24)12-20(11-18)15-24/h2-5,18-21,27H,6-17H2,1H3. The van der Waals surface area contributed by atoms with Gasteiger partial charge in [-0.25, -0.2) is 0 Å². The molecule has 29 heavy (non-hydrogen) atoms. The summed E-state index contributed by atoms with van der Waals surface area (Å²) in [5.74, 6) is 3.61. The Morgan fingerprint density at radius 2 is 1.62 bits per heavy atom. The van der Waals surface area contributed by atoms with Crippen molar-refractivity contribution in [1.82, 2.24) is 4.90 Å². The molecule has 5 aliphatic rings. The van der Waals surface area contributed by atoms with Gasteiger partial charge in [0.05, 0.1) is 31.1 Å². The maximum Gasteiger partial charge on any atom is 0.142 e. The highest BCUT2D eigenvalue weighted by atomic mass is 16.5. The molecular formula is C24H36N2O3. The molecule has 4 bridgehead atoms. The molecule has 0 amide bonds. The number of aliphatic hydroxyl groups is 1. The lowest BCUT2D eigenvalue weighted by Crippen LogP contribution is -2.53. The van der Waals surface area contributed by atoms with Gasteiger partial charge in [0.2, 0.25) is 0 Å². The minimum absolute atomic E-state index is 0.0955. The van der Waals surface area contributed by atoms with E-state index in [0.717, 1.165) is 49.7 Å². The third-order valence-corrected chi connectivity index (χ3v) is 7.83. The first-order valence-corrected chi connectivity index (χ1v) is 11.5. The van der Waals surface area contributed by atoms with Crippen LogP contribution in [0.2, 0.25) is 0 Å². The molecule has 5 fully saturated rings. The van der Waals surface area contributed by atoms with Crippen molar-refractivity contribution >= 4 is 5.69 Å². The van der Waals surface area contributed by atoms with E-state index in [-0.39, 0.29) is 11.7 Å². The normalized spacial score (nSPS) is 35.1. The summed E-state index contributed by atoms with van der Waals surface area (Å²) in [4.78, 5) is 4.76. The number of piperazine rings is 1. The Labute approximate surface area is 175 Å². The fraction of sp³-hybridized carbons (Fsp3) is 0.750. The van der Waals surface area contributed by atoms with E-state index in [1.807, 2.05) is 12.1 Å². The number of hydrogen-bond donors (Lipinski definition) is 1. The number of methoxy groups -OCH3 is 1. The lowest BCUT2D eigenvalue weighted by molar-refractivity contribution is -0.176. The van der Waals surface area contributed by atoms with E-state index < -0.39 is 0 Å². The molecule has 4 saturated carbocycles. The zero-order valence-electron chi connectivity index (χ0n) is 17.8. The Hall–Kier alpha value is -1.30. The predicted molar refractivity (Wildman–Crippen MR) is 115 cm³/mol. The van der Waals surface area contributed by atoms with Crippen LogP contribution < -0.4 is 9.64 Å². The molecule has 160 valence electrons. The summed E-state index contributed by atoms with van der Waals surface area (Å²) in [7, 11) is 1.73. The van der Waals surface area contributed by atoms with Gasteiger partial charge in [0.25, 0.3) is 0 Å². The van der Waals surface area contributed by atoms with E-state index in [0.29, 0.717) is 13.2 Å². The highest BCUT2D eigenvalue weighted by Gasteiger charge is 2.51. The molecule has 0 radical (unpaired) electrons. The summed E-state index contributed by atoms with van der Waals surface area (Å²) in [6.45, 7) is 5.07. The molecule has 1 aromatic carbocycles. The van der Waals surface area contributed by atoms with Crippen LogP contribution >= 0.6 is 0 Å². The minimum Gasteiger partial charge on any atom is -0.495 e. The number of hydrogen-bond acceptors (Lipinski definition) is 5. The molecule has 1 aliphatic heterocycles. The second kappa shape index (κ2) is 8.09. The Kier molecular flexibility index (Phi) is 5.48. The molecular weight excluding hydrogens is 364 g/mol. The van der Waals surface area contributed by atoms with Crippen LogP contribution in [-0.2, 0) is 4.74 Å². The first kappa shape index (κ1) is 19.7. The fourth-order valence-electron chi connectivity index (χ4n) is 6.89. The molecule has 1 N–H and O–H groups in total. The van der Waals surface area contributed by atoms with Crippen LogP contribution in [0.1, 0.15) is 38.5 Å². The average Bonchev–Trinajstić information content (AvgIpc) is 2.72. The molecule has 4 aliphatic carbocycles. The van der Waals surface area contributed by atoms with Gasteiger partial charge in [-0.15, -0.1) is 0 Å². The summed E-state index contributed by atoms with van der Waals surface area (Å²) in [5, 5.41) is 10.7. The van der Waals surface area contributed by atoms with Gasteiger partial charge in [0.1, 0.15) is 5.75 Å². The van der Waals surface area contributed by atoms with Gasteiger partial charge in [0, 0.05) is 32.7 Å². The second-order valence-electron chi connectivity index (χ2n) is 10.0. The van der Waals surface area contributed by atoms with Gasteiger partial charge >= 0.3 is 0 Å².